The van der Waals surface area contributed by atoms with Crippen molar-refractivity contribution in [3.05, 3.63) is 40.8 Å². The number of sulfonamides is 1. The van der Waals surface area contributed by atoms with Gasteiger partial charge >= 0.3 is 0 Å². The lowest BCUT2D eigenvalue weighted by atomic mass is 10.2. The van der Waals surface area contributed by atoms with Crippen molar-refractivity contribution in [3.8, 4) is 5.75 Å². The fraction of sp³-hybridized carbons (Fsp3) is 0.167. The summed E-state index contributed by atoms with van der Waals surface area (Å²) in [6, 6.07) is 8.00. The van der Waals surface area contributed by atoms with Crippen molar-refractivity contribution in [1.82, 2.24) is 0 Å². The summed E-state index contributed by atoms with van der Waals surface area (Å²) >= 11 is 1.21. The molecule has 0 aliphatic rings. The first kappa shape index (κ1) is 12.9. The van der Waals surface area contributed by atoms with Gasteiger partial charge in [-0.3, -0.25) is 4.72 Å². The molecule has 1 aromatic carbocycles. The summed E-state index contributed by atoms with van der Waals surface area (Å²) in [5, 5.41) is 9.54. The zero-order chi connectivity index (χ0) is 13.3. The lowest BCUT2D eigenvalue weighted by molar-refractivity contribution is 0.471. The first-order valence-electron chi connectivity index (χ1n) is 5.27. The Hall–Kier alpha value is -1.53. The molecule has 0 fully saturated rings. The lowest BCUT2D eigenvalue weighted by Gasteiger charge is -2.07. The highest BCUT2D eigenvalue weighted by Gasteiger charge is 2.16. The third-order valence-corrected chi connectivity index (χ3v) is 5.32. The van der Waals surface area contributed by atoms with Crippen LogP contribution in [0.3, 0.4) is 0 Å². The Kier molecular flexibility index (Phi) is 3.32. The van der Waals surface area contributed by atoms with E-state index in [1.807, 2.05) is 6.92 Å². The summed E-state index contributed by atoms with van der Waals surface area (Å²) in [5.74, 6) is 0.0672. The Morgan fingerprint density at radius 1 is 1.17 bits per heavy atom. The number of phenols is 1. The average Bonchev–Trinajstić information content (AvgIpc) is 2.71. The molecule has 0 saturated heterocycles. The van der Waals surface area contributed by atoms with E-state index in [1.165, 1.54) is 17.4 Å². The van der Waals surface area contributed by atoms with Gasteiger partial charge in [0.2, 0.25) is 0 Å². The zero-order valence-corrected chi connectivity index (χ0v) is 11.6. The number of rotatable bonds is 3. The molecule has 1 heterocycles. The smallest absolute Gasteiger partial charge is 0.271 e. The molecule has 1 aromatic heterocycles. The van der Waals surface area contributed by atoms with Crippen LogP contribution in [0.5, 0.6) is 5.75 Å². The largest absolute Gasteiger partial charge is 0.508 e. The minimum absolute atomic E-state index is 0.0672. The number of anilines is 1. The van der Waals surface area contributed by atoms with Gasteiger partial charge in [-0.15, -0.1) is 11.3 Å². The number of nitrogens with one attached hydrogen (secondary N) is 1. The molecule has 0 atom stereocenters. The van der Waals surface area contributed by atoms with Crippen LogP contribution in [0.4, 0.5) is 5.69 Å². The second kappa shape index (κ2) is 4.62. The van der Waals surface area contributed by atoms with E-state index in [0.717, 1.165) is 4.88 Å². The highest BCUT2D eigenvalue weighted by molar-refractivity contribution is 7.94. The molecule has 0 bridgehead atoms. The Balaban J connectivity index is 2.30. The van der Waals surface area contributed by atoms with E-state index in [-0.39, 0.29) is 9.96 Å². The number of phenolic OH excluding ortho intramolecular Hbond substituents is 1. The molecule has 96 valence electrons. The SMILES string of the molecule is Cc1ccc(S(=O)(=O)Nc2ccc(C)c(O)c2)s1. The number of aromatic hydroxyl groups is 1. The maximum Gasteiger partial charge on any atom is 0.271 e. The molecule has 0 amide bonds. The zero-order valence-electron chi connectivity index (χ0n) is 9.97. The number of hydrogen-bond acceptors (Lipinski definition) is 4. The van der Waals surface area contributed by atoms with E-state index in [4.69, 9.17) is 0 Å². The fourth-order valence-corrected chi connectivity index (χ4v) is 3.77. The summed E-state index contributed by atoms with van der Waals surface area (Å²) in [5.41, 5.74) is 1.05. The van der Waals surface area contributed by atoms with Crippen LogP contribution < -0.4 is 4.72 Å². The second-order valence-corrected chi connectivity index (χ2v) is 7.17. The van der Waals surface area contributed by atoms with Gasteiger partial charge in [-0.2, -0.15) is 0 Å². The fourth-order valence-electron chi connectivity index (χ4n) is 1.43. The molecule has 0 unspecified atom stereocenters. The molecule has 2 rings (SSSR count). The molecule has 2 N–H and O–H groups in total. The summed E-state index contributed by atoms with van der Waals surface area (Å²) in [6.07, 6.45) is 0. The number of thiophene rings is 1. The average molecular weight is 283 g/mol. The molecule has 4 nitrogen and oxygen atoms in total. The van der Waals surface area contributed by atoms with Crippen molar-refractivity contribution in [1.29, 1.82) is 0 Å². The van der Waals surface area contributed by atoms with Crippen LogP contribution >= 0.6 is 11.3 Å². The van der Waals surface area contributed by atoms with Crippen LogP contribution in [0, 0.1) is 13.8 Å². The van der Waals surface area contributed by atoms with E-state index in [0.29, 0.717) is 11.3 Å². The van der Waals surface area contributed by atoms with Gasteiger partial charge in [0.15, 0.2) is 0 Å². The Morgan fingerprint density at radius 3 is 2.44 bits per heavy atom. The first-order chi connectivity index (χ1) is 8.38. The summed E-state index contributed by atoms with van der Waals surface area (Å²) in [4.78, 5) is 0.933. The minimum Gasteiger partial charge on any atom is -0.508 e. The van der Waals surface area contributed by atoms with Crippen molar-refractivity contribution >= 4 is 27.0 Å². The van der Waals surface area contributed by atoms with Gasteiger partial charge in [-0.1, -0.05) is 6.07 Å². The molecule has 0 saturated carbocycles. The van der Waals surface area contributed by atoms with Gasteiger partial charge < -0.3 is 5.11 Å². The summed E-state index contributed by atoms with van der Waals surface area (Å²) < 4.78 is 26.8. The molecule has 6 heteroatoms. The quantitative estimate of drug-likeness (QED) is 0.910. The van der Waals surface area contributed by atoms with Crippen LogP contribution in [-0.2, 0) is 10.0 Å². The van der Waals surface area contributed by atoms with Crippen LogP contribution in [0.15, 0.2) is 34.5 Å². The van der Waals surface area contributed by atoms with Crippen LogP contribution in [0.2, 0.25) is 0 Å². The molecular weight excluding hydrogens is 270 g/mol. The topological polar surface area (TPSA) is 66.4 Å². The number of benzene rings is 1. The standard InChI is InChI=1S/C12H13NO3S2/c1-8-3-5-10(7-11(8)14)13-18(15,16)12-6-4-9(2)17-12/h3-7,13-14H,1-2H3. The lowest BCUT2D eigenvalue weighted by Crippen LogP contribution is -2.11. The minimum atomic E-state index is -3.56. The number of aryl methyl sites for hydroxylation is 2. The van der Waals surface area contributed by atoms with Crippen LogP contribution in [-0.4, -0.2) is 13.5 Å². The first-order valence-corrected chi connectivity index (χ1v) is 7.57. The molecule has 18 heavy (non-hydrogen) atoms. The second-order valence-electron chi connectivity index (χ2n) is 3.97. The maximum atomic E-state index is 12.0. The predicted molar refractivity (Wildman–Crippen MR) is 72.7 cm³/mol. The molecule has 2 aromatic rings. The van der Waals surface area contributed by atoms with Crippen LogP contribution in [0.25, 0.3) is 0 Å². The molecule has 0 aliphatic carbocycles. The van der Waals surface area contributed by atoms with Crippen LogP contribution in [0.1, 0.15) is 10.4 Å². The highest BCUT2D eigenvalue weighted by atomic mass is 32.2. The van der Waals surface area contributed by atoms with E-state index in [9.17, 15) is 13.5 Å². The van der Waals surface area contributed by atoms with Crippen molar-refractivity contribution in [2.24, 2.45) is 0 Å². The van der Waals surface area contributed by atoms with Gasteiger partial charge in [-0.05, 0) is 37.6 Å². The monoisotopic (exact) mass is 283 g/mol. The third kappa shape index (κ3) is 2.65. The van der Waals surface area contributed by atoms with Gasteiger partial charge in [0, 0.05) is 10.9 Å². The summed E-state index contributed by atoms with van der Waals surface area (Å²) in [7, 11) is -3.56. The van der Waals surface area contributed by atoms with Gasteiger partial charge in [-0.25, -0.2) is 8.42 Å². The van der Waals surface area contributed by atoms with E-state index in [1.54, 1.807) is 31.2 Å². The van der Waals surface area contributed by atoms with Gasteiger partial charge in [0.25, 0.3) is 10.0 Å². The van der Waals surface area contributed by atoms with E-state index in [2.05, 4.69) is 4.72 Å². The highest BCUT2D eigenvalue weighted by Crippen LogP contribution is 2.26. The van der Waals surface area contributed by atoms with Crippen molar-refractivity contribution in [3.63, 3.8) is 0 Å². The summed E-state index contributed by atoms with van der Waals surface area (Å²) in [6.45, 7) is 3.59. The maximum absolute atomic E-state index is 12.0. The third-order valence-electron chi connectivity index (χ3n) is 2.44. The molecule has 0 aliphatic heterocycles. The van der Waals surface area contributed by atoms with Gasteiger partial charge in [0.1, 0.15) is 9.96 Å². The Bertz CT molecular complexity index is 674. The van der Waals surface area contributed by atoms with Crippen molar-refractivity contribution in [2.75, 3.05) is 4.72 Å². The Labute approximate surface area is 110 Å². The predicted octanol–water partition coefficient (Wildman–Crippen LogP) is 2.87. The normalized spacial score (nSPS) is 11.4. The Morgan fingerprint density at radius 2 is 1.89 bits per heavy atom. The van der Waals surface area contributed by atoms with E-state index < -0.39 is 10.0 Å². The van der Waals surface area contributed by atoms with E-state index >= 15 is 0 Å². The molecule has 0 spiro atoms. The van der Waals surface area contributed by atoms with Gasteiger partial charge in [0.05, 0.1) is 5.69 Å². The number of hydrogen-bond donors (Lipinski definition) is 2. The van der Waals surface area contributed by atoms with Crippen molar-refractivity contribution in [2.45, 2.75) is 18.1 Å². The molecule has 0 radical (unpaired) electrons. The molecular formula is C12H13NO3S2. The van der Waals surface area contributed by atoms with Crippen molar-refractivity contribution < 1.29 is 13.5 Å².